The van der Waals surface area contributed by atoms with Crippen LogP contribution in [-0.2, 0) is 4.79 Å². The first-order chi connectivity index (χ1) is 11.1. The molecular weight excluding hydrogens is 314 g/mol. The van der Waals surface area contributed by atoms with Crippen molar-refractivity contribution in [3.8, 4) is 0 Å². The number of carbonyl (C=O) groups is 2. The van der Waals surface area contributed by atoms with Crippen LogP contribution in [0, 0.1) is 0 Å². The molecule has 126 valence electrons. The minimum Gasteiger partial charge on any atom is -0.352 e. The number of hydrogen-bond acceptors (Lipinski definition) is 3. The zero-order valence-electron chi connectivity index (χ0n) is 13.5. The van der Waals surface area contributed by atoms with Crippen LogP contribution < -0.4 is 10.6 Å². The Balaban J connectivity index is 1.67. The highest BCUT2D eigenvalue weighted by atomic mass is 35.5. The molecule has 2 amide bonds. The lowest BCUT2D eigenvalue weighted by atomic mass is 10.1. The maximum absolute atomic E-state index is 12.2. The van der Waals surface area contributed by atoms with Gasteiger partial charge >= 0.3 is 0 Å². The Morgan fingerprint density at radius 3 is 2.74 bits per heavy atom. The van der Waals surface area contributed by atoms with E-state index >= 15 is 0 Å². The summed E-state index contributed by atoms with van der Waals surface area (Å²) >= 11 is 5.79. The zero-order chi connectivity index (χ0) is 16.7. The molecular formula is C17H24ClN3O2. The van der Waals surface area contributed by atoms with Crippen LogP contribution in [-0.4, -0.2) is 49.4 Å². The number of amides is 2. The van der Waals surface area contributed by atoms with E-state index in [1.165, 1.54) is 0 Å². The number of rotatable bonds is 6. The molecule has 1 heterocycles. The van der Waals surface area contributed by atoms with Crippen molar-refractivity contribution in [2.24, 2.45) is 0 Å². The van der Waals surface area contributed by atoms with Gasteiger partial charge in [0.25, 0.3) is 5.91 Å². The molecule has 0 spiro atoms. The molecule has 1 aromatic rings. The Kier molecular flexibility index (Phi) is 6.86. The lowest BCUT2D eigenvalue weighted by Gasteiger charge is -2.32. The van der Waals surface area contributed by atoms with Gasteiger partial charge < -0.3 is 15.5 Å². The Hall–Kier alpha value is -1.59. The molecule has 1 fully saturated rings. The fraction of sp³-hybridized carbons (Fsp3) is 0.529. The fourth-order valence-electron chi connectivity index (χ4n) is 2.74. The van der Waals surface area contributed by atoms with Crippen LogP contribution in [0.5, 0.6) is 0 Å². The molecule has 0 saturated carbocycles. The number of carbonyl (C=O) groups excluding carboxylic acids is 2. The van der Waals surface area contributed by atoms with E-state index in [4.69, 9.17) is 11.6 Å². The minimum absolute atomic E-state index is 0.137. The number of halogens is 1. The van der Waals surface area contributed by atoms with Gasteiger partial charge in [-0.1, -0.05) is 11.6 Å². The van der Waals surface area contributed by atoms with Crippen molar-refractivity contribution in [2.45, 2.75) is 31.7 Å². The second kappa shape index (κ2) is 8.89. The van der Waals surface area contributed by atoms with Gasteiger partial charge in [-0.3, -0.25) is 9.59 Å². The molecule has 0 aromatic heterocycles. The van der Waals surface area contributed by atoms with E-state index in [0.717, 1.165) is 25.9 Å². The lowest BCUT2D eigenvalue weighted by molar-refractivity contribution is -0.132. The Labute approximate surface area is 142 Å². The van der Waals surface area contributed by atoms with Gasteiger partial charge in [0.15, 0.2) is 0 Å². The summed E-state index contributed by atoms with van der Waals surface area (Å²) in [6, 6.07) is 7.16. The van der Waals surface area contributed by atoms with Crippen LogP contribution in [0.1, 0.15) is 36.0 Å². The number of nitrogens with one attached hydrogen (secondary N) is 2. The highest BCUT2D eigenvalue weighted by Gasteiger charge is 2.21. The standard InChI is InChI=1S/C17H24ClN3O2/c1-19-15-4-3-11-21(12-15)16(22)5-2-10-20-17(23)13-6-8-14(18)9-7-13/h6-9,15,19H,2-5,10-12H2,1H3,(H,20,23). The van der Waals surface area contributed by atoms with Gasteiger partial charge in [0.2, 0.25) is 5.91 Å². The van der Waals surface area contributed by atoms with Crippen molar-refractivity contribution in [1.82, 2.24) is 15.5 Å². The Morgan fingerprint density at radius 2 is 2.04 bits per heavy atom. The SMILES string of the molecule is CNC1CCCN(C(=O)CCCNC(=O)c2ccc(Cl)cc2)C1. The Morgan fingerprint density at radius 1 is 1.30 bits per heavy atom. The monoisotopic (exact) mass is 337 g/mol. The molecule has 1 saturated heterocycles. The third-order valence-corrected chi connectivity index (χ3v) is 4.39. The van der Waals surface area contributed by atoms with Gasteiger partial charge in [-0.15, -0.1) is 0 Å². The van der Waals surface area contributed by atoms with E-state index < -0.39 is 0 Å². The van der Waals surface area contributed by atoms with Gasteiger partial charge in [-0.05, 0) is 50.6 Å². The molecule has 5 nitrogen and oxygen atoms in total. The van der Waals surface area contributed by atoms with Crippen LogP contribution in [0.4, 0.5) is 0 Å². The number of benzene rings is 1. The average molecular weight is 338 g/mol. The summed E-state index contributed by atoms with van der Waals surface area (Å²) in [4.78, 5) is 26.0. The lowest BCUT2D eigenvalue weighted by Crippen LogP contribution is -2.47. The number of piperidine rings is 1. The normalized spacial score (nSPS) is 17.8. The summed E-state index contributed by atoms with van der Waals surface area (Å²) in [5.74, 6) is 0.0352. The molecule has 2 rings (SSSR count). The largest absolute Gasteiger partial charge is 0.352 e. The molecule has 2 N–H and O–H groups in total. The summed E-state index contributed by atoms with van der Waals surface area (Å²) in [5, 5.41) is 6.67. The van der Waals surface area contributed by atoms with E-state index in [1.54, 1.807) is 24.3 Å². The first-order valence-electron chi connectivity index (χ1n) is 8.09. The summed E-state index contributed by atoms with van der Waals surface area (Å²) in [6.07, 6.45) is 3.29. The Bertz CT molecular complexity index is 533. The molecule has 1 aliphatic heterocycles. The first-order valence-corrected chi connectivity index (χ1v) is 8.46. The number of nitrogens with zero attached hydrogens (tertiary/aromatic N) is 1. The highest BCUT2D eigenvalue weighted by molar-refractivity contribution is 6.30. The highest BCUT2D eigenvalue weighted by Crippen LogP contribution is 2.12. The average Bonchev–Trinajstić information content (AvgIpc) is 2.59. The quantitative estimate of drug-likeness (QED) is 0.781. The van der Waals surface area contributed by atoms with Gasteiger partial charge in [-0.2, -0.15) is 0 Å². The molecule has 1 unspecified atom stereocenters. The molecule has 0 radical (unpaired) electrons. The van der Waals surface area contributed by atoms with E-state index in [0.29, 0.717) is 36.0 Å². The molecule has 1 aromatic carbocycles. The van der Waals surface area contributed by atoms with Crippen molar-refractivity contribution >= 4 is 23.4 Å². The van der Waals surface area contributed by atoms with Crippen LogP contribution in [0.3, 0.4) is 0 Å². The van der Waals surface area contributed by atoms with Crippen LogP contribution >= 0.6 is 11.6 Å². The number of hydrogen-bond donors (Lipinski definition) is 2. The third kappa shape index (κ3) is 5.52. The van der Waals surface area contributed by atoms with Crippen molar-refractivity contribution in [2.75, 3.05) is 26.7 Å². The smallest absolute Gasteiger partial charge is 0.251 e. The van der Waals surface area contributed by atoms with Gasteiger partial charge in [0, 0.05) is 42.7 Å². The van der Waals surface area contributed by atoms with E-state index in [9.17, 15) is 9.59 Å². The topological polar surface area (TPSA) is 61.4 Å². The summed E-state index contributed by atoms with van der Waals surface area (Å²) in [6.45, 7) is 2.12. The van der Waals surface area contributed by atoms with Crippen LogP contribution in [0.2, 0.25) is 5.02 Å². The molecule has 0 aliphatic carbocycles. The van der Waals surface area contributed by atoms with Crippen molar-refractivity contribution in [1.29, 1.82) is 0 Å². The van der Waals surface area contributed by atoms with Gasteiger partial charge in [0.1, 0.15) is 0 Å². The fourth-order valence-corrected chi connectivity index (χ4v) is 2.87. The van der Waals surface area contributed by atoms with Crippen LogP contribution in [0.25, 0.3) is 0 Å². The molecule has 6 heteroatoms. The van der Waals surface area contributed by atoms with E-state index in [1.807, 2.05) is 11.9 Å². The van der Waals surface area contributed by atoms with Crippen molar-refractivity contribution in [3.63, 3.8) is 0 Å². The van der Waals surface area contributed by atoms with Gasteiger partial charge in [0.05, 0.1) is 0 Å². The molecule has 1 atom stereocenters. The van der Waals surface area contributed by atoms with Gasteiger partial charge in [-0.25, -0.2) is 0 Å². The second-order valence-electron chi connectivity index (χ2n) is 5.83. The zero-order valence-corrected chi connectivity index (χ0v) is 14.2. The first kappa shape index (κ1) is 17.8. The predicted molar refractivity (Wildman–Crippen MR) is 91.7 cm³/mol. The molecule has 23 heavy (non-hydrogen) atoms. The number of likely N-dealkylation sites (tertiary alicyclic amines) is 1. The third-order valence-electron chi connectivity index (χ3n) is 4.14. The van der Waals surface area contributed by atoms with Crippen molar-refractivity contribution in [3.05, 3.63) is 34.9 Å². The maximum Gasteiger partial charge on any atom is 0.251 e. The maximum atomic E-state index is 12.2. The summed E-state index contributed by atoms with van der Waals surface area (Å²) in [7, 11) is 1.94. The van der Waals surface area contributed by atoms with E-state index in [2.05, 4.69) is 10.6 Å². The number of likely N-dealkylation sites (N-methyl/N-ethyl adjacent to an activating group) is 1. The minimum atomic E-state index is -0.137. The molecule has 1 aliphatic rings. The van der Waals surface area contributed by atoms with Crippen LogP contribution in [0.15, 0.2) is 24.3 Å². The van der Waals surface area contributed by atoms with Crippen molar-refractivity contribution < 1.29 is 9.59 Å². The summed E-state index contributed by atoms with van der Waals surface area (Å²) in [5.41, 5.74) is 0.577. The van der Waals surface area contributed by atoms with E-state index in [-0.39, 0.29) is 11.8 Å². The predicted octanol–water partition coefficient (Wildman–Crippen LogP) is 2.06. The molecule has 0 bridgehead atoms. The second-order valence-corrected chi connectivity index (χ2v) is 6.27. The summed E-state index contributed by atoms with van der Waals surface area (Å²) < 4.78 is 0.